The van der Waals surface area contributed by atoms with Gasteiger partial charge in [0.25, 0.3) is 0 Å². The minimum Gasteiger partial charge on any atom is -0.396 e. The predicted octanol–water partition coefficient (Wildman–Crippen LogP) is 0.634. The van der Waals surface area contributed by atoms with Crippen LogP contribution in [0.15, 0.2) is 29.2 Å². The zero-order chi connectivity index (χ0) is 14.3. The first-order valence-corrected chi connectivity index (χ1v) is 7.84. The van der Waals surface area contributed by atoms with Crippen LogP contribution in [-0.4, -0.2) is 39.3 Å². The summed E-state index contributed by atoms with van der Waals surface area (Å²) in [5.74, 6) is 0. The molecule has 0 spiro atoms. The van der Waals surface area contributed by atoms with E-state index < -0.39 is 10.0 Å². The van der Waals surface area contributed by atoms with Crippen molar-refractivity contribution >= 4 is 10.0 Å². The van der Waals surface area contributed by atoms with Gasteiger partial charge in [0, 0.05) is 19.2 Å². The molecule has 1 aromatic carbocycles. The maximum Gasteiger partial charge on any atom is 0.240 e. The Labute approximate surface area is 115 Å². The molecule has 0 saturated heterocycles. The molecule has 0 saturated carbocycles. The van der Waals surface area contributed by atoms with Crippen molar-refractivity contribution in [3.8, 4) is 0 Å². The second kappa shape index (κ2) is 7.59. The van der Waals surface area contributed by atoms with E-state index in [9.17, 15) is 8.42 Å². The molecule has 0 heterocycles. The zero-order valence-corrected chi connectivity index (χ0v) is 12.2. The highest BCUT2D eigenvalue weighted by molar-refractivity contribution is 7.89. The summed E-state index contributed by atoms with van der Waals surface area (Å²) >= 11 is 0. The summed E-state index contributed by atoms with van der Waals surface area (Å²) < 4.78 is 26.7. The van der Waals surface area contributed by atoms with Gasteiger partial charge >= 0.3 is 0 Å². The maximum absolute atomic E-state index is 12.1. The van der Waals surface area contributed by atoms with Gasteiger partial charge < -0.3 is 10.4 Å². The van der Waals surface area contributed by atoms with Gasteiger partial charge in [0.05, 0.1) is 4.90 Å². The lowest BCUT2D eigenvalue weighted by molar-refractivity contribution is 0.285. The van der Waals surface area contributed by atoms with Gasteiger partial charge in [-0.25, -0.2) is 13.1 Å². The number of hydrogen-bond donors (Lipinski definition) is 3. The van der Waals surface area contributed by atoms with Crippen LogP contribution in [0.2, 0.25) is 0 Å². The van der Waals surface area contributed by atoms with E-state index in [4.69, 9.17) is 5.11 Å². The van der Waals surface area contributed by atoms with E-state index in [1.54, 1.807) is 31.2 Å². The van der Waals surface area contributed by atoms with Crippen molar-refractivity contribution in [1.29, 1.82) is 0 Å². The first-order chi connectivity index (χ1) is 8.95. The SMILES string of the molecule is Cc1ccc(S(=O)(=O)N[C@@H](C)CNCCCO)cc1. The summed E-state index contributed by atoms with van der Waals surface area (Å²) in [7, 11) is -3.46. The molecule has 0 aliphatic carbocycles. The number of aliphatic hydroxyl groups excluding tert-OH is 1. The van der Waals surface area contributed by atoms with E-state index in [1.165, 1.54) is 0 Å². The van der Waals surface area contributed by atoms with E-state index in [-0.39, 0.29) is 17.5 Å². The average molecular weight is 286 g/mol. The molecule has 0 radical (unpaired) electrons. The van der Waals surface area contributed by atoms with E-state index >= 15 is 0 Å². The second-order valence-corrected chi connectivity index (χ2v) is 6.33. The van der Waals surface area contributed by atoms with E-state index in [0.29, 0.717) is 19.5 Å². The molecule has 0 aromatic heterocycles. The molecule has 1 aromatic rings. The number of aryl methyl sites for hydroxylation is 1. The van der Waals surface area contributed by atoms with Crippen molar-refractivity contribution in [2.75, 3.05) is 19.7 Å². The molecule has 0 aliphatic rings. The zero-order valence-electron chi connectivity index (χ0n) is 11.4. The Morgan fingerprint density at radius 1 is 1.26 bits per heavy atom. The second-order valence-electron chi connectivity index (χ2n) is 4.62. The Balaban J connectivity index is 2.52. The third-order valence-corrected chi connectivity index (χ3v) is 4.26. The van der Waals surface area contributed by atoms with Crippen molar-refractivity contribution in [1.82, 2.24) is 10.0 Å². The van der Waals surface area contributed by atoms with Crippen LogP contribution in [0, 0.1) is 6.92 Å². The molecule has 3 N–H and O–H groups in total. The molecule has 6 heteroatoms. The Hall–Kier alpha value is -0.950. The molecular formula is C13H22N2O3S. The molecule has 1 rings (SSSR count). The first kappa shape index (κ1) is 16.1. The fourth-order valence-corrected chi connectivity index (χ4v) is 2.86. The smallest absolute Gasteiger partial charge is 0.240 e. The van der Waals surface area contributed by atoms with Crippen molar-refractivity contribution in [3.63, 3.8) is 0 Å². The number of sulfonamides is 1. The lowest BCUT2D eigenvalue weighted by Gasteiger charge is -2.15. The Bertz CT molecular complexity index is 471. The highest BCUT2D eigenvalue weighted by Gasteiger charge is 2.16. The first-order valence-electron chi connectivity index (χ1n) is 6.36. The Morgan fingerprint density at radius 3 is 2.47 bits per heavy atom. The van der Waals surface area contributed by atoms with E-state index in [1.807, 2.05) is 6.92 Å². The molecule has 0 unspecified atom stereocenters. The summed E-state index contributed by atoms with van der Waals surface area (Å²) in [6, 6.07) is 6.55. The highest BCUT2D eigenvalue weighted by Crippen LogP contribution is 2.10. The molecular weight excluding hydrogens is 264 g/mol. The quantitative estimate of drug-likeness (QED) is 0.613. The fourth-order valence-electron chi connectivity index (χ4n) is 1.61. The maximum atomic E-state index is 12.1. The van der Waals surface area contributed by atoms with Crippen molar-refractivity contribution in [2.24, 2.45) is 0 Å². The van der Waals surface area contributed by atoms with E-state index in [2.05, 4.69) is 10.0 Å². The normalized spacial score (nSPS) is 13.4. The van der Waals surface area contributed by atoms with Crippen LogP contribution in [0.25, 0.3) is 0 Å². The van der Waals surface area contributed by atoms with Crippen LogP contribution in [0.3, 0.4) is 0 Å². The summed E-state index contributed by atoms with van der Waals surface area (Å²) in [6.45, 7) is 5.06. The van der Waals surface area contributed by atoms with Gasteiger partial charge in [-0.1, -0.05) is 17.7 Å². The molecule has 0 aliphatic heterocycles. The monoisotopic (exact) mass is 286 g/mol. The molecule has 0 amide bonds. The number of hydrogen-bond acceptors (Lipinski definition) is 4. The predicted molar refractivity (Wildman–Crippen MR) is 75.5 cm³/mol. The molecule has 19 heavy (non-hydrogen) atoms. The van der Waals surface area contributed by atoms with Gasteiger partial charge in [0.2, 0.25) is 10.0 Å². The average Bonchev–Trinajstić information content (AvgIpc) is 2.34. The number of nitrogens with one attached hydrogen (secondary N) is 2. The third-order valence-electron chi connectivity index (χ3n) is 2.65. The lowest BCUT2D eigenvalue weighted by Crippen LogP contribution is -2.40. The van der Waals surface area contributed by atoms with Gasteiger partial charge in [0.1, 0.15) is 0 Å². The van der Waals surface area contributed by atoms with Crippen LogP contribution in [0.4, 0.5) is 0 Å². The summed E-state index contributed by atoms with van der Waals surface area (Å²) in [5, 5.41) is 11.7. The molecule has 108 valence electrons. The lowest BCUT2D eigenvalue weighted by atomic mass is 10.2. The van der Waals surface area contributed by atoms with Gasteiger partial charge in [-0.2, -0.15) is 0 Å². The molecule has 0 fully saturated rings. The van der Waals surface area contributed by atoms with Gasteiger partial charge in [-0.15, -0.1) is 0 Å². The topological polar surface area (TPSA) is 78.4 Å². The summed E-state index contributed by atoms with van der Waals surface area (Å²) in [4.78, 5) is 0.278. The fraction of sp³-hybridized carbons (Fsp3) is 0.538. The van der Waals surface area contributed by atoms with Crippen LogP contribution in [0.1, 0.15) is 18.9 Å². The van der Waals surface area contributed by atoms with Crippen molar-refractivity contribution in [2.45, 2.75) is 31.2 Å². The van der Waals surface area contributed by atoms with Gasteiger partial charge in [-0.05, 0) is 38.9 Å². The van der Waals surface area contributed by atoms with Crippen molar-refractivity contribution < 1.29 is 13.5 Å². The molecule has 0 bridgehead atoms. The van der Waals surface area contributed by atoms with Crippen molar-refractivity contribution in [3.05, 3.63) is 29.8 Å². The Kier molecular flexibility index (Phi) is 6.44. The summed E-state index contributed by atoms with van der Waals surface area (Å²) in [5.41, 5.74) is 1.03. The molecule has 5 nitrogen and oxygen atoms in total. The Morgan fingerprint density at radius 2 is 1.89 bits per heavy atom. The van der Waals surface area contributed by atoms with Crippen LogP contribution >= 0.6 is 0 Å². The van der Waals surface area contributed by atoms with Gasteiger partial charge in [0.15, 0.2) is 0 Å². The molecule has 1 atom stereocenters. The van der Waals surface area contributed by atoms with Crippen LogP contribution < -0.4 is 10.0 Å². The van der Waals surface area contributed by atoms with E-state index in [0.717, 1.165) is 5.56 Å². The van der Waals surface area contributed by atoms with Crippen LogP contribution in [-0.2, 0) is 10.0 Å². The van der Waals surface area contributed by atoms with Gasteiger partial charge in [-0.3, -0.25) is 0 Å². The summed E-state index contributed by atoms with van der Waals surface area (Å²) in [6.07, 6.45) is 0.664. The number of aliphatic hydroxyl groups is 1. The third kappa shape index (κ3) is 5.69. The largest absolute Gasteiger partial charge is 0.396 e. The standard InChI is InChI=1S/C13H22N2O3S/c1-11-4-6-13(7-5-11)19(17,18)15-12(2)10-14-8-3-9-16/h4-7,12,14-16H,3,8-10H2,1-2H3/t12-/m0/s1. The minimum atomic E-state index is -3.46. The van der Waals surface area contributed by atoms with Crippen LogP contribution in [0.5, 0.6) is 0 Å². The minimum absolute atomic E-state index is 0.135. The number of rotatable bonds is 8. The number of benzene rings is 1. The highest BCUT2D eigenvalue weighted by atomic mass is 32.2.